The van der Waals surface area contributed by atoms with Crippen molar-refractivity contribution < 1.29 is 0 Å². The molecule has 3 aromatic rings. The zero-order valence-electron chi connectivity index (χ0n) is 10.8. The van der Waals surface area contributed by atoms with E-state index in [1.54, 1.807) is 0 Å². The highest BCUT2D eigenvalue weighted by atomic mass is 35.5. The smallest absolute Gasteiger partial charge is 0.205 e. The molecule has 0 atom stereocenters. The van der Waals surface area contributed by atoms with E-state index >= 15 is 0 Å². The molecule has 0 bridgehead atoms. The first-order valence-electron chi connectivity index (χ1n) is 6.08. The number of para-hydroxylation sites is 1. The summed E-state index contributed by atoms with van der Waals surface area (Å²) in [5, 5.41) is 0.729. The van der Waals surface area contributed by atoms with Gasteiger partial charge in [-0.05, 0) is 43.2 Å². The number of nitrogen functional groups attached to an aromatic ring is 1. The van der Waals surface area contributed by atoms with Gasteiger partial charge in [0.05, 0.1) is 16.7 Å². The molecule has 1 heterocycles. The molecule has 96 valence electrons. The van der Waals surface area contributed by atoms with Crippen LogP contribution in [-0.2, 0) is 0 Å². The fourth-order valence-electron chi connectivity index (χ4n) is 2.29. The number of benzene rings is 2. The molecule has 1 aromatic heterocycles. The summed E-state index contributed by atoms with van der Waals surface area (Å²) in [6, 6.07) is 11.9. The molecule has 2 N–H and O–H groups in total. The largest absolute Gasteiger partial charge is 0.369 e. The Bertz CT molecular complexity index is 774. The minimum atomic E-state index is 0.476. The molecule has 0 aliphatic carbocycles. The Balaban J connectivity index is 2.35. The average Bonchev–Trinajstić information content (AvgIpc) is 2.70. The minimum Gasteiger partial charge on any atom is -0.369 e. The van der Waals surface area contributed by atoms with Crippen molar-refractivity contribution in [2.45, 2.75) is 13.8 Å². The number of hydrogen-bond donors (Lipinski definition) is 1. The molecule has 0 unspecified atom stereocenters. The van der Waals surface area contributed by atoms with Gasteiger partial charge in [-0.3, -0.25) is 4.57 Å². The van der Waals surface area contributed by atoms with Crippen LogP contribution < -0.4 is 5.73 Å². The Morgan fingerprint density at radius 2 is 1.89 bits per heavy atom. The second-order valence-electron chi connectivity index (χ2n) is 4.68. The molecule has 19 heavy (non-hydrogen) atoms. The van der Waals surface area contributed by atoms with Crippen LogP contribution in [0.25, 0.3) is 16.7 Å². The third-order valence-corrected chi connectivity index (χ3v) is 3.72. The highest BCUT2D eigenvalue weighted by molar-refractivity contribution is 6.31. The topological polar surface area (TPSA) is 43.8 Å². The zero-order valence-corrected chi connectivity index (χ0v) is 11.6. The van der Waals surface area contributed by atoms with Crippen LogP contribution >= 0.6 is 11.6 Å². The molecule has 0 fully saturated rings. The lowest BCUT2D eigenvalue weighted by Crippen LogP contribution is -2.01. The Morgan fingerprint density at radius 1 is 1.11 bits per heavy atom. The standard InChI is InChI=1S/C15H14ClN3/c1-9-6-7-11(8-12(9)16)19-14-10(2)4-3-5-13(14)18-15(19)17/h3-8H,1-2H3,(H2,17,18). The van der Waals surface area contributed by atoms with Gasteiger partial charge in [-0.1, -0.05) is 29.8 Å². The second-order valence-corrected chi connectivity index (χ2v) is 5.09. The van der Waals surface area contributed by atoms with Crippen LogP contribution in [0.3, 0.4) is 0 Å². The summed E-state index contributed by atoms with van der Waals surface area (Å²) in [4.78, 5) is 4.40. The summed E-state index contributed by atoms with van der Waals surface area (Å²) in [7, 11) is 0. The van der Waals surface area contributed by atoms with Gasteiger partial charge in [0.2, 0.25) is 5.95 Å². The summed E-state index contributed by atoms with van der Waals surface area (Å²) in [5.41, 5.74) is 11.1. The summed E-state index contributed by atoms with van der Waals surface area (Å²) >= 11 is 6.20. The lowest BCUT2D eigenvalue weighted by Gasteiger charge is -2.09. The minimum absolute atomic E-state index is 0.476. The van der Waals surface area contributed by atoms with E-state index in [-0.39, 0.29) is 0 Å². The zero-order chi connectivity index (χ0) is 13.6. The van der Waals surface area contributed by atoms with Crippen molar-refractivity contribution in [3.05, 3.63) is 52.5 Å². The Kier molecular flexibility index (Phi) is 2.72. The van der Waals surface area contributed by atoms with Gasteiger partial charge < -0.3 is 5.73 Å². The van der Waals surface area contributed by atoms with E-state index in [1.807, 2.05) is 41.8 Å². The number of aryl methyl sites for hydroxylation is 2. The van der Waals surface area contributed by atoms with Gasteiger partial charge >= 0.3 is 0 Å². The van der Waals surface area contributed by atoms with Gasteiger partial charge in [-0.25, -0.2) is 4.98 Å². The van der Waals surface area contributed by atoms with Gasteiger partial charge in [0.15, 0.2) is 0 Å². The van der Waals surface area contributed by atoms with Gasteiger partial charge in [-0.2, -0.15) is 0 Å². The van der Waals surface area contributed by atoms with Crippen molar-refractivity contribution in [3.63, 3.8) is 0 Å². The predicted molar refractivity (Wildman–Crippen MR) is 80.0 cm³/mol. The van der Waals surface area contributed by atoms with Crippen molar-refractivity contribution in [1.82, 2.24) is 9.55 Å². The molecule has 0 saturated heterocycles. The summed E-state index contributed by atoms with van der Waals surface area (Å²) in [5.74, 6) is 0.476. The fourth-order valence-corrected chi connectivity index (χ4v) is 2.47. The molecule has 0 amide bonds. The molecular weight excluding hydrogens is 258 g/mol. The molecule has 2 aromatic carbocycles. The van der Waals surface area contributed by atoms with Crippen molar-refractivity contribution in [3.8, 4) is 5.69 Å². The molecule has 0 saturated carbocycles. The first-order chi connectivity index (χ1) is 9.08. The lowest BCUT2D eigenvalue weighted by molar-refractivity contribution is 1.10. The molecule has 3 rings (SSSR count). The fraction of sp³-hybridized carbons (Fsp3) is 0.133. The van der Waals surface area contributed by atoms with Gasteiger partial charge in [-0.15, -0.1) is 0 Å². The van der Waals surface area contributed by atoms with Gasteiger partial charge in [0, 0.05) is 5.02 Å². The van der Waals surface area contributed by atoms with E-state index in [9.17, 15) is 0 Å². The maximum atomic E-state index is 6.20. The Labute approximate surface area is 116 Å². The first-order valence-corrected chi connectivity index (χ1v) is 6.46. The van der Waals surface area contributed by atoms with E-state index in [4.69, 9.17) is 17.3 Å². The second kappa shape index (κ2) is 4.28. The van der Waals surface area contributed by atoms with Crippen LogP contribution in [0.5, 0.6) is 0 Å². The molecule has 0 spiro atoms. The number of halogens is 1. The number of rotatable bonds is 1. The summed E-state index contributed by atoms with van der Waals surface area (Å²) in [6.07, 6.45) is 0. The third-order valence-electron chi connectivity index (χ3n) is 3.32. The average molecular weight is 272 g/mol. The van der Waals surface area contributed by atoms with Crippen LogP contribution in [0.4, 0.5) is 5.95 Å². The van der Waals surface area contributed by atoms with Crippen LogP contribution in [0, 0.1) is 13.8 Å². The molecule has 0 radical (unpaired) electrons. The van der Waals surface area contributed by atoms with Crippen molar-refractivity contribution in [2.24, 2.45) is 0 Å². The highest BCUT2D eigenvalue weighted by Crippen LogP contribution is 2.28. The number of hydrogen-bond acceptors (Lipinski definition) is 2. The highest BCUT2D eigenvalue weighted by Gasteiger charge is 2.12. The predicted octanol–water partition coefficient (Wildman–Crippen LogP) is 3.88. The third kappa shape index (κ3) is 1.87. The van der Waals surface area contributed by atoms with E-state index in [0.29, 0.717) is 5.95 Å². The number of nitrogens with zero attached hydrogens (tertiary/aromatic N) is 2. The normalized spacial score (nSPS) is 11.1. The summed E-state index contributed by atoms with van der Waals surface area (Å²) < 4.78 is 1.94. The maximum Gasteiger partial charge on any atom is 0.205 e. The van der Waals surface area contributed by atoms with Gasteiger partial charge in [0.1, 0.15) is 0 Å². The first kappa shape index (κ1) is 12.1. The molecular formula is C15H14ClN3. The van der Waals surface area contributed by atoms with E-state index in [0.717, 1.165) is 32.9 Å². The van der Waals surface area contributed by atoms with Crippen LogP contribution in [0.1, 0.15) is 11.1 Å². The van der Waals surface area contributed by atoms with Gasteiger partial charge in [0.25, 0.3) is 0 Å². The Hall–Kier alpha value is -2.00. The number of fused-ring (bicyclic) bond motifs is 1. The van der Waals surface area contributed by atoms with Crippen LogP contribution in [0.2, 0.25) is 5.02 Å². The van der Waals surface area contributed by atoms with Crippen molar-refractivity contribution >= 4 is 28.6 Å². The monoisotopic (exact) mass is 271 g/mol. The van der Waals surface area contributed by atoms with E-state index in [1.165, 1.54) is 0 Å². The molecule has 3 nitrogen and oxygen atoms in total. The summed E-state index contributed by atoms with van der Waals surface area (Å²) in [6.45, 7) is 4.03. The number of anilines is 1. The quantitative estimate of drug-likeness (QED) is 0.730. The van der Waals surface area contributed by atoms with E-state index in [2.05, 4.69) is 18.0 Å². The lowest BCUT2D eigenvalue weighted by atomic mass is 10.2. The number of nitrogens with two attached hydrogens (primary N) is 1. The van der Waals surface area contributed by atoms with Crippen LogP contribution in [0.15, 0.2) is 36.4 Å². The maximum absolute atomic E-state index is 6.20. The molecule has 4 heteroatoms. The van der Waals surface area contributed by atoms with Crippen molar-refractivity contribution in [2.75, 3.05) is 5.73 Å². The van der Waals surface area contributed by atoms with E-state index < -0.39 is 0 Å². The van der Waals surface area contributed by atoms with Crippen LogP contribution in [-0.4, -0.2) is 9.55 Å². The molecule has 0 aliphatic heterocycles. The van der Waals surface area contributed by atoms with Crippen molar-refractivity contribution in [1.29, 1.82) is 0 Å². The SMILES string of the molecule is Cc1ccc(-n2c(N)nc3cccc(C)c32)cc1Cl. The Morgan fingerprint density at radius 3 is 2.63 bits per heavy atom. The number of imidazole rings is 1. The number of aromatic nitrogens is 2. The molecule has 0 aliphatic rings.